The van der Waals surface area contributed by atoms with Crippen molar-refractivity contribution in [1.82, 2.24) is 9.78 Å². The number of aromatic nitrogens is 2. The lowest BCUT2D eigenvalue weighted by Gasteiger charge is -2.13. The Balaban J connectivity index is 1.90. The van der Waals surface area contributed by atoms with Crippen molar-refractivity contribution in [2.45, 2.75) is 26.6 Å². The largest absolute Gasteiger partial charge is 0.284 e. The fourth-order valence-electron chi connectivity index (χ4n) is 3.62. The molecule has 0 aliphatic carbocycles. The maximum absolute atomic E-state index is 11.6. The summed E-state index contributed by atoms with van der Waals surface area (Å²) in [6, 6.07) is 25.3. The predicted molar refractivity (Wildman–Crippen MR) is 136 cm³/mol. The number of aryl methyl sites for hydroxylation is 1. The lowest BCUT2D eigenvalue weighted by Crippen LogP contribution is -2.16. The third-order valence-corrected chi connectivity index (χ3v) is 5.98. The molecule has 0 spiro atoms. The predicted octanol–water partition coefficient (Wildman–Crippen LogP) is 6.65. The Labute approximate surface area is 194 Å². The second-order valence-corrected chi connectivity index (χ2v) is 13.7. The van der Waals surface area contributed by atoms with Gasteiger partial charge in [-0.15, -0.1) is 5.54 Å². The Kier molecular flexibility index (Phi) is 5.99. The van der Waals surface area contributed by atoms with E-state index in [0.717, 1.165) is 33.8 Å². The SMILES string of the molecule is Cc1cc(-c2ccccc2)n(-c2ccccc2-c2ccc([N+](=O)[O-])c(C#C[Si](C)(C)C)c2)n1. The molecule has 0 aliphatic heterocycles. The van der Waals surface area contributed by atoms with Gasteiger partial charge in [-0.05, 0) is 36.8 Å². The maximum Gasteiger partial charge on any atom is 0.284 e. The molecular weight excluding hydrogens is 426 g/mol. The summed E-state index contributed by atoms with van der Waals surface area (Å²) >= 11 is 0. The first-order chi connectivity index (χ1) is 15.7. The molecule has 0 radical (unpaired) electrons. The number of hydrogen-bond acceptors (Lipinski definition) is 3. The normalized spacial score (nSPS) is 11.0. The zero-order valence-electron chi connectivity index (χ0n) is 19.2. The highest BCUT2D eigenvalue weighted by Gasteiger charge is 2.18. The van der Waals surface area contributed by atoms with E-state index in [9.17, 15) is 10.1 Å². The molecule has 0 aliphatic rings. The van der Waals surface area contributed by atoms with Gasteiger partial charge in [-0.25, -0.2) is 4.68 Å². The van der Waals surface area contributed by atoms with E-state index < -0.39 is 8.07 Å². The average molecular weight is 452 g/mol. The molecule has 1 heterocycles. The number of hydrogen-bond donors (Lipinski definition) is 0. The van der Waals surface area contributed by atoms with Gasteiger partial charge in [0.15, 0.2) is 0 Å². The highest BCUT2D eigenvalue weighted by Crippen LogP contribution is 2.33. The Bertz CT molecular complexity index is 1390. The molecular formula is C27H25N3O2Si. The van der Waals surface area contributed by atoms with Crippen LogP contribution in [-0.4, -0.2) is 22.8 Å². The minimum Gasteiger partial charge on any atom is -0.258 e. The summed E-state index contributed by atoms with van der Waals surface area (Å²) in [5, 5.41) is 16.4. The Morgan fingerprint density at radius 1 is 0.909 bits per heavy atom. The lowest BCUT2D eigenvalue weighted by atomic mass is 10.00. The first-order valence-electron chi connectivity index (χ1n) is 10.8. The summed E-state index contributed by atoms with van der Waals surface area (Å²) in [5.41, 5.74) is 9.40. The van der Waals surface area contributed by atoms with Crippen molar-refractivity contribution in [3.8, 4) is 39.5 Å². The van der Waals surface area contributed by atoms with Crippen LogP contribution in [0.5, 0.6) is 0 Å². The van der Waals surface area contributed by atoms with Gasteiger partial charge >= 0.3 is 0 Å². The topological polar surface area (TPSA) is 61.0 Å². The minimum atomic E-state index is -1.70. The molecule has 6 heteroatoms. The van der Waals surface area contributed by atoms with Crippen LogP contribution in [0.3, 0.4) is 0 Å². The van der Waals surface area contributed by atoms with Crippen LogP contribution in [0, 0.1) is 28.5 Å². The van der Waals surface area contributed by atoms with E-state index in [0.29, 0.717) is 5.56 Å². The molecule has 0 fully saturated rings. The van der Waals surface area contributed by atoms with Gasteiger partial charge in [0.2, 0.25) is 0 Å². The van der Waals surface area contributed by atoms with E-state index >= 15 is 0 Å². The molecule has 0 unspecified atom stereocenters. The van der Waals surface area contributed by atoms with Crippen molar-refractivity contribution in [2.75, 3.05) is 0 Å². The minimum absolute atomic E-state index is 0.0295. The summed E-state index contributed by atoms with van der Waals surface area (Å²) in [4.78, 5) is 11.3. The van der Waals surface area contributed by atoms with Gasteiger partial charge in [0, 0.05) is 17.2 Å². The second kappa shape index (κ2) is 8.89. The zero-order valence-corrected chi connectivity index (χ0v) is 20.2. The third kappa shape index (κ3) is 4.94. The quantitative estimate of drug-likeness (QED) is 0.151. The summed E-state index contributed by atoms with van der Waals surface area (Å²) in [6.45, 7) is 8.34. The van der Waals surface area contributed by atoms with Crippen molar-refractivity contribution in [1.29, 1.82) is 0 Å². The van der Waals surface area contributed by atoms with Crippen LogP contribution >= 0.6 is 0 Å². The maximum atomic E-state index is 11.6. The van der Waals surface area contributed by atoms with E-state index in [2.05, 4.69) is 49.3 Å². The van der Waals surface area contributed by atoms with Crippen molar-refractivity contribution >= 4 is 13.8 Å². The molecule has 5 nitrogen and oxygen atoms in total. The monoisotopic (exact) mass is 451 g/mol. The number of nitrogens with zero attached hydrogens (tertiary/aromatic N) is 3. The lowest BCUT2D eigenvalue weighted by molar-refractivity contribution is -0.385. The van der Waals surface area contributed by atoms with Crippen LogP contribution in [0.15, 0.2) is 78.9 Å². The summed E-state index contributed by atoms with van der Waals surface area (Å²) in [7, 11) is -1.70. The van der Waals surface area contributed by atoms with Gasteiger partial charge in [0.05, 0.1) is 22.0 Å². The number of nitro groups is 1. The summed E-state index contributed by atoms with van der Waals surface area (Å²) < 4.78 is 1.94. The first kappa shape index (κ1) is 22.2. The fourth-order valence-corrected chi connectivity index (χ4v) is 4.13. The van der Waals surface area contributed by atoms with E-state index in [1.807, 2.05) is 60.1 Å². The Morgan fingerprint density at radius 2 is 1.61 bits per heavy atom. The molecule has 0 saturated heterocycles. The molecule has 4 aromatic rings. The smallest absolute Gasteiger partial charge is 0.258 e. The molecule has 0 N–H and O–H groups in total. The van der Waals surface area contributed by atoms with Gasteiger partial charge in [-0.2, -0.15) is 5.10 Å². The van der Waals surface area contributed by atoms with Gasteiger partial charge in [0.1, 0.15) is 13.6 Å². The van der Waals surface area contributed by atoms with E-state index in [-0.39, 0.29) is 10.6 Å². The van der Waals surface area contributed by atoms with Crippen LogP contribution in [0.25, 0.3) is 28.1 Å². The molecule has 164 valence electrons. The summed E-state index contributed by atoms with van der Waals surface area (Å²) in [6.07, 6.45) is 0. The van der Waals surface area contributed by atoms with Gasteiger partial charge in [0.25, 0.3) is 5.69 Å². The molecule has 0 atom stereocenters. The number of nitro benzene ring substituents is 1. The molecule has 0 saturated carbocycles. The van der Waals surface area contributed by atoms with Crippen LogP contribution in [-0.2, 0) is 0 Å². The Morgan fingerprint density at radius 3 is 2.30 bits per heavy atom. The second-order valence-electron chi connectivity index (χ2n) is 8.95. The number of rotatable bonds is 4. The zero-order chi connectivity index (χ0) is 23.6. The van der Waals surface area contributed by atoms with Gasteiger partial charge < -0.3 is 0 Å². The van der Waals surface area contributed by atoms with E-state index in [4.69, 9.17) is 5.10 Å². The molecule has 3 aromatic carbocycles. The fraction of sp³-hybridized carbons (Fsp3) is 0.148. The van der Waals surface area contributed by atoms with Crippen molar-refractivity contribution in [2.24, 2.45) is 0 Å². The van der Waals surface area contributed by atoms with Crippen LogP contribution in [0.4, 0.5) is 5.69 Å². The Hall–Kier alpha value is -3.95. The first-order valence-corrected chi connectivity index (χ1v) is 14.3. The van der Waals surface area contributed by atoms with E-state index in [1.54, 1.807) is 12.1 Å². The molecule has 1 aromatic heterocycles. The van der Waals surface area contributed by atoms with Crippen LogP contribution < -0.4 is 0 Å². The van der Waals surface area contributed by atoms with Crippen molar-refractivity contribution in [3.63, 3.8) is 0 Å². The molecule has 4 rings (SSSR count). The third-order valence-electron chi connectivity index (χ3n) is 5.11. The van der Waals surface area contributed by atoms with E-state index in [1.165, 1.54) is 0 Å². The number of para-hydroxylation sites is 1. The van der Waals surface area contributed by atoms with Crippen LogP contribution in [0.1, 0.15) is 11.3 Å². The highest BCUT2D eigenvalue weighted by molar-refractivity contribution is 6.83. The standard InChI is InChI=1S/C27H25N3O2Si/c1-20-18-27(21-10-6-5-7-11-21)29(28-20)26-13-9-8-12-24(26)22-14-15-25(30(31)32)23(19-22)16-17-33(2,3)4/h5-15,18-19H,1-4H3. The summed E-state index contributed by atoms with van der Waals surface area (Å²) in [5.74, 6) is 3.09. The van der Waals surface area contributed by atoms with Gasteiger partial charge in [-0.1, -0.05) is 74.1 Å². The molecule has 33 heavy (non-hydrogen) atoms. The molecule has 0 bridgehead atoms. The van der Waals surface area contributed by atoms with Crippen molar-refractivity contribution in [3.05, 3.63) is 100 Å². The van der Waals surface area contributed by atoms with Crippen LogP contribution in [0.2, 0.25) is 19.6 Å². The van der Waals surface area contributed by atoms with Gasteiger partial charge in [-0.3, -0.25) is 10.1 Å². The van der Waals surface area contributed by atoms with Crippen molar-refractivity contribution < 1.29 is 4.92 Å². The number of benzene rings is 3. The average Bonchev–Trinajstić information content (AvgIpc) is 3.19. The highest BCUT2D eigenvalue weighted by atomic mass is 28.3. The molecule has 0 amide bonds.